The highest BCUT2D eigenvalue weighted by Crippen LogP contribution is 2.26. The van der Waals surface area contributed by atoms with Crippen LogP contribution in [0.1, 0.15) is 15.9 Å². The van der Waals surface area contributed by atoms with Crippen molar-refractivity contribution in [2.24, 2.45) is 0 Å². The SMILES string of the molecule is Cc1ccc(NC(=O)c2ccccc2-c2nc(-c3ccc(F)cc3)no2)nc1. The maximum absolute atomic E-state index is 13.1. The normalized spacial score (nSPS) is 10.6. The Morgan fingerprint density at radius 2 is 1.82 bits per heavy atom. The van der Waals surface area contributed by atoms with E-state index >= 15 is 0 Å². The molecule has 0 atom stereocenters. The zero-order chi connectivity index (χ0) is 19.5. The van der Waals surface area contributed by atoms with Crippen molar-refractivity contribution in [3.05, 3.63) is 83.8 Å². The first-order valence-corrected chi connectivity index (χ1v) is 8.53. The first kappa shape index (κ1) is 17.5. The molecule has 1 amide bonds. The highest BCUT2D eigenvalue weighted by atomic mass is 19.1. The van der Waals surface area contributed by atoms with Crippen LogP contribution in [-0.2, 0) is 0 Å². The van der Waals surface area contributed by atoms with Crippen LogP contribution in [0.4, 0.5) is 10.2 Å². The third-order valence-electron chi connectivity index (χ3n) is 4.08. The van der Waals surface area contributed by atoms with E-state index < -0.39 is 0 Å². The number of amides is 1. The van der Waals surface area contributed by atoms with Gasteiger partial charge in [0.2, 0.25) is 5.82 Å². The Morgan fingerprint density at radius 1 is 1.04 bits per heavy atom. The minimum Gasteiger partial charge on any atom is -0.334 e. The van der Waals surface area contributed by atoms with Crippen LogP contribution in [0.25, 0.3) is 22.8 Å². The molecular formula is C21H15FN4O2. The molecule has 2 aromatic carbocycles. The lowest BCUT2D eigenvalue weighted by Crippen LogP contribution is -2.14. The molecule has 0 unspecified atom stereocenters. The predicted octanol–water partition coefficient (Wildman–Crippen LogP) is 4.50. The Morgan fingerprint density at radius 3 is 2.57 bits per heavy atom. The smallest absolute Gasteiger partial charge is 0.259 e. The number of nitrogens with one attached hydrogen (secondary N) is 1. The van der Waals surface area contributed by atoms with E-state index in [-0.39, 0.29) is 17.6 Å². The lowest BCUT2D eigenvalue weighted by Gasteiger charge is -2.07. The predicted molar refractivity (Wildman–Crippen MR) is 102 cm³/mol. The Hall–Kier alpha value is -3.87. The molecule has 2 aromatic heterocycles. The second-order valence-electron chi connectivity index (χ2n) is 6.15. The first-order valence-electron chi connectivity index (χ1n) is 8.53. The molecule has 0 aliphatic heterocycles. The maximum Gasteiger partial charge on any atom is 0.259 e. The van der Waals surface area contributed by atoms with Crippen LogP contribution < -0.4 is 5.32 Å². The summed E-state index contributed by atoms with van der Waals surface area (Å²) < 4.78 is 18.4. The molecular weight excluding hydrogens is 359 g/mol. The maximum atomic E-state index is 13.1. The number of benzene rings is 2. The number of hydrogen-bond acceptors (Lipinski definition) is 5. The van der Waals surface area contributed by atoms with Crippen molar-refractivity contribution in [1.82, 2.24) is 15.1 Å². The summed E-state index contributed by atoms with van der Waals surface area (Å²) in [6, 6.07) is 16.3. The van der Waals surface area contributed by atoms with Crippen molar-refractivity contribution in [3.63, 3.8) is 0 Å². The van der Waals surface area contributed by atoms with Gasteiger partial charge in [-0.3, -0.25) is 4.79 Å². The summed E-state index contributed by atoms with van der Waals surface area (Å²) in [6.07, 6.45) is 1.68. The van der Waals surface area contributed by atoms with Gasteiger partial charge < -0.3 is 9.84 Å². The number of hydrogen-bond donors (Lipinski definition) is 1. The highest BCUT2D eigenvalue weighted by Gasteiger charge is 2.18. The number of halogens is 1. The van der Waals surface area contributed by atoms with E-state index in [0.717, 1.165) is 5.56 Å². The minimum absolute atomic E-state index is 0.196. The van der Waals surface area contributed by atoms with Crippen LogP contribution in [0.15, 0.2) is 71.4 Å². The number of carbonyl (C=O) groups excluding carboxylic acids is 1. The Balaban J connectivity index is 1.63. The standard InChI is InChI=1S/C21H15FN4O2/c1-13-6-11-18(23-12-13)24-20(27)16-4-2-3-5-17(16)21-25-19(26-28-21)14-7-9-15(22)10-8-14/h2-12H,1H3,(H,23,24,27). The van der Waals surface area contributed by atoms with Gasteiger partial charge >= 0.3 is 0 Å². The number of carbonyl (C=O) groups is 1. The van der Waals surface area contributed by atoms with Gasteiger partial charge in [0, 0.05) is 11.8 Å². The van der Waals surface area contributed by atoms with Gasteiger partial charge in [0.25, 0.3) is 11.8 Å². The van der Waals surface area contributed by atoms with Crippen molar-refractivity contribution in [2.75, 3.05) is 5.32 Å². The second kappa shape index (κ2) is 7.40. The Bertz CT molecular complexity index is 1120. The fourth-order valence-electron chi connectivity index (χ4n) is 2.64. The second-order valence-corrected chi connectivity index (χ2v) is 6.15. The van der Waals surface area contributed by atoms with E-state index in [2.05, 4.69) is 20.4 Å². The number of aryl methyl sites for hydroxylation is 1. The molecule has 6 nitrogen and oxygen atoms in total. The molecule has 0 fully saturated rings. The summed E-state index contributed by atoms with van der Waals surface area (Å²) in [7, 11) is 0. The molecule has 0 spiro atoms. The molecule has 0 radical (unpaired) electrons. The van der Waals surface area contributed by atoms with E-state index in [1.54, 1.807) is 48.7 Å². The molecule has 7 heteroatoms. The average molecular weight is 374 g/mol. The summed E-state index contributed by atoms with van der Waals surface area (Å²) >= 11 is 0. The average Bonchev–Trinajstić information content (AvgIpc) is 3.20. The van der Waals surface area contributed by atoms with Crippen LogP contribution >= 0.6 is 0 Å². The third-order valence-corrected chi connectivity index (χ3v) is 4.08. The number of aromatic nitrogens is 3. The molecule has 0 saturated carbocycles. The van der Waals surface area contributed by atoms with Gasteiger partial charge in [0.1, 0.15) is 11.6 Å². The number of rotatable bonds is 4. The summed E-state index contributed by atoms with van der Waals surface area (Å²) in [5.41, 5.74) is 2.48. The fraction of sp³-hybridized carbons (Fsp3) is 0.0476. The van der Waals surface area contributed by atoms with Gasteiger partial charge in [-0.05, 0) is 55.0 Å². The quantitative estimate of drug-likeness (QED) is 0.569. The van der Waals surface area contributed by atoms with E-state index in [0.29, 0.717) is 28.3 Å². The summed E-state index contributed by atoms with van der Waals surface area (Å²) in [5, 5.41) is 6.69. The van der Waals surface area contributed by atoms with Crippen molar-refractivity contribution in [2.45, 2.75) is 6.92 Å². The van der Waals surface area contributed by atoms with Gasteiger partial charge in [-0.2, -0.15) is 4.98 Å². The molecule has 138 valence electrons. The van der Waals surface area contributed by atoms with Crippen molar-refractivity contribution >= 4 is 11.7 Å². The zero-order valence-corrected chi connectivity index (χ0v) is 14.9. The van der Waals surface area contributed by atoms with Crippen molar-refractivity contribution in [3.8, 4) is 22.8 Å². The molecule has 0 saturated heterocycles. The van der Waals surface area contributed by atoms with Crippen LogP contribution in [0, 0.1) is 12.7 Å². The van der Waals surface area contributed by atoms with Crippen molar-refractivity contribution < 1.29 is 13.7 Å². The van der Waals surface area contributed by atoms with Crippen LogP contribution in [-0.4, -0.2) is 21.0 Å². The van der Waals surface area contributed by atoms with Gasteiger partial charge in [-0.25, -0.2) is 9.37 Å². The lowest BCUT2D eigenvalue weighted by molar-refractivity contribution is 0.102. The monoisotopic (exact) mass is 374 g/mol. The van der Waals surface area contributed by atoms with Crippen molar-refractivity contribution in [1.29, 1.82) is 0 Å². The third kappa shape index (κ3) is 3.64. The number of anilines is 1. The van der Waals surface area contributed by atoms with Gasteiger partial charge in [0.15, 0.2) is 0 Å². The van der Waals surface area contributed by atoms with Crippen LogP contribution in [0.5, 0.6) is 0 Å². The van der Waals surface area contributed by atoms with Crippen LogP contribution in [0.3, 0.4) is 0 Å². The molecule has 0 aliphatic rings. The topological polar surface area (TPSA) is 80.9 Å². The molecule has 28 heavy (non-hydrogen) atoms. The first-order chi connectivity index (χ1) is 13.6. The lowest BCUT2D eigenvalue weighted by atomic mass is 10.1. The Kier molecular flexibility index (Phi) is 4.63. The largest absolute Gasteiger partial charge is 0.334 e. The zero-order valence-electron chi connectivity index (χ0n) is 14.9. The van der Waals surface area contributed by atoms with Gasteiger partial charge in [-0.15, -0.1) is 0 Å². The summed E-state index contributed by atoms with van der Waals surface area (Å²) in [6.45, 7) is 1.92. The molecule has 4 rings (SSSR count). The molecule has 0 bridgehead atoms. The minimum atomic E-state index is -0.348. The molecule has 0 aliphatic carbocycles. The van der Waals surface area contributed by atoms with E-state index in [4.69, 9.17) is 4.52 Å². The van der Waals surface area contributed by atoms with E-state index in [1.807, 2.05) is 13.0 Å². The molecule has 4 aromatic rings. The van der Waals surface area contributed by atoms with Crippen LogP contribution in [0.2, 0.25) is 0 Å². The summed E-state index contributed by atoms with van der Waals surface area (Å²) in [5.74, 6) is 0.267. The fourth-order valence-corrected chi connectivity index (χ4v) is 2.64. The number of nitrogens with zero attached hydrogens (tertiary/aromatic N) is 3. The Labute approximate surface area is 160 Å². The summed E-state index contributed by atoms with van der Waals surface area (Å²) in [4.78, 5) is 21.3. The number of pyridine rings is 1. The molecule has 1 N–H and O–H groups in total. The highest BCUT2D eigenvalue weighted by molar-refractivity contribution is 6.07. The molecule has 2 heterocycles. The van der Waals surface area contributed by atoms with E-state index in [9.17, 15) is 9.18 Å². The van der Waals surface area contributed by atoms with Gasteiger partial charge in [-0.1, -0.05) is 23.4 Å². The van der Waals surface area contributed by atoms with Gasteiger partial charge in [0.05, 0.1) is 11.1 Å². The van der Waals surface area contributed by atoms with E-state index in [1.165, 1.54) is 12.1 Å².